The van der Waals surface area contributed by atoms with Gasteiger partial charge in [-0.05, 0) is 12.1 Å². The van der Waals surface area contributed by atoms with E-state index in [1.165, 1.54) is 0 Å². The second-order valence-corrected chi connectivity index (χ2v) is 5.20. The number of hydrogen-bond donors (Lipinski definition) is 1. The number of hydrogen-bond acceptors (Lipinski definition) is 3. The third-order valence-electron chi connectivity index (χ3n) is 3.45. The van der Waals surface area contributed by atoms with Crippen LogP contribution in [-0.4, -0.2) is 27.9 Å². The fraction of sp³-hybridized carbons (Fsp3) is 0.200. The van der Waals surface area contributed by atoms with Gasteiger partial charge >= 0.3 is 0 Å². The first-order valence-corrected chi connectivity index (χ1v) is 7.04. The Balaban J connectivity index is 2.13. The molecule has 0 saturated heterocycles. The van der Waals surface area contributed by atoms with Crippen LogP contribution in [0.15, 0.2) is 29.6 Å². The monoisotopic (exact) mass is 314 g/mol. The summed E-state index contributed by atoms with van der Waals surface area (Å²) in [7, 11) is 0. The van der Waals surface area contributed by atoms with E-state index in [-0.39, 0.29) is 10.6 Å². The number of nitrogens with zero attached hydrogens (tertiary/aromatic N) is 3. The molecule has 0 aromatic carbocycles. The number of amides is 2. The number of pyridine rings is 1. The van der Waals surface area contributed by atoms with Crippen LogP contribution >= 0.6 is 11.6 Å². The lowest BCUT2D eigenvalue weighted by molar-refractivity contribution is -0.123. The van der Waals surface area contributed by atoms with Crippen LogP contribution < -0.4 is 5.32 Å². The molecule has 0 radical (unpaired) electrons. The van der Waals surface area contributed by atoms with Crippen LogP contribution in [0.3, 0.4) is 0 Å². The molecule has 0 fully saturated rings. The number of fused-ring (bicyclic) bond motifs is 1. The van der Waals surface area contributed by atoms with Crippen molar-refractivity contribution in [2.45, 2.75) is 13.0 Å². The number of carbonyl (C=O) groups excluding carboxylic acids is 2. The van der Waals surface area contributed by atoms with Crippen LogP contribution in [0, 0.1) is 6.57 Å². The van der Waals surface area contributed by atoms with Crippen molar-refractivity contribution in [3.8, 4) is 0 Å². The minimum atomic E-state index is -0.584. The minimum Gasteiger partial charge on any atom is -0.332 e. The fourth-order valence-corrected chi connectivity index (χ4v) is 2.72. The SMILES string of the molecule is [C-]#[N+]CCCn1cc(C2=C(Cl)C(=O)NC2=O)c2cccnc21. The molecule has 1 aliphatic heterocycles. The summed E-state index contributed by atoms with van der Waals surface area (Å²) in [6.07, 6.45) is 4.10. The zero-order valence-corrected chi connectivity index (χ0v) is 12.2. The van der Waals surface area contributed by atoms with E-state index in [0.717, 1.165) is 5.39 Å². The highest BCUT2D eigenvalue weighted by Gasteiger charge is 2.32. The molecule has 2 aromatic rings. The van der Waals surface area contributed by atoms with Gasteiger partial charge in [-0.1, -0.05) is 11.6 Å². The topological polar surface area (TPSA) is 68.3 Å². The molecular formula is C15H11ClN4O2. The summed E-state index contributed by atoms with van der Waals surface area (Å²) in [5, 5.41) is 2.84. The number of rotatable bonds is 4. The molecule has 1 aliphatic rings. The standard InChI is InChI=1S/C15H11ClN4O2/c1-17-5-3-7-20-8-10(9-4-2-6-18-13(9)20)11-12(16)15(22)19-14(11)21/h2,4,6,8H,3,5,7H2,(H,19,21,22). The first-order valence-electron chi connectivity index (χ1n) is 6.66. The second kappa shape index (κ2) is 5.62. The van der Waals surface area contributed by atoms with Crippen LogP contribution in [0.25, 0.3) is 21.5 Å². The number of nitrogens with one attached hydrogen (secondary N) is 1. The van der Waals surface area contributed by atoms with Crippen LogP contribution in [0.1, 0.15) is 12.0 Å². The zero-order chi connectivity index (χ0) is 15.7. The summed E-state index contributed by atoms with van der Waals surface area (Å²) >= 11 is 5.97. The van der Waals surface area contributed by atoms with Gasteiger partial charge in [0.25, 0.3) is 11.8 Å². The average Bonchev–Trinajstić information content (AvgIpc) is 2.98. The first-order chi connectivity index (χ1) is 10.6. The smallest absolute Gasteiger partial charge is 0.270 e. The van der Waals surface area contributed by atoms with E-state index in [1.54, 1.807) is 18.5 Å². The van der Waals surface area contributed by atoms with Crippen molar-refractivity contribution in [3.05, 3.63) is 46.5 Å². The van der Waals surface area contributed by atoms with E-state index < -0.39 is 11.8 Å². The molecule has 0 atom stereocenters. The van der Waals surface area contributed by atoms with E-state index in [4.69, 9.17) is 18.2 Å². The number of imide groups is 1. The van der Waals surface area contributed by atoms with Gasteiger partial charge < -0.3 is 9.41 Å². The van der Waals surface area contributed by atoms with Crippen molar-refractivity contribution in [3.63, 3.8) is 0 Å². The van der Waals surface area contributed by atoms with Crippen molar-refractivity contribution < 1.29 is 9.59 Å². The normalized spacial score (nSPS) is 14.5. The molecule has 6 nitrogen and oxygen atoms in total. The highest BCUT2D eigenvalue weighted by Crippen LogP contribution is 2.32. The Hall–Kier alpha value is -2.65. The molecule has 7 heteroatoms. The zero-order valence-electron chi connectivity index (χ0n) is 11.5. The van der Waals surface area contributed by atoms with Gasteiger partial charge in [0.1, 0.15) is 10.7 Å². The second-order valence-electron chi connectivity index (χ2n) is 4.82. The van der Waals surface area contributed by atoms with Crippen molar-refractivity contribution in [2.75, 3.05) is 6.54 Å². The summed E-state index contributed by atoms with van der Waals surface area (Å²) in [4.78, 5) is 31.2. The van der Waals surface area contributed by atoms with Crippen LogP contribution in [0.4, 0.5) is 0 Å². The van der Waals surface area contributed by atoms with Gasteiger partial charge in [0.05, 0.1) is 5.57 Å². The predicted molar refractivity (Wildman–Crippen MR) is 81.7 cm³/mol. The third kappa shape index (κ3) is 2.26. The van der Waals surface area contributed by atoms with Crippen molar-refractivity contribution in [2.24, 2.45) is 0 Å². The van der Waals surface area contributed by atoms with E-state index in [1.807, 2.05) is 10.6 Å². The summed E-state index contributed by atoms with van der Waals surface area (Å²) in [5.74, 6) is -1.08. The Kier molecular flexibility index (Phi) is 3.65. The van der Waals surface area contributed by atoms with Crippen LogP contribution in [0.5, 0.6) is 0 Å². The molecule has 0 spiro atoms. The lowest BCUT2D eigenvalue weighted by atomic mass is 10.1. The first kappa shape index (κ1) is 14.3. The van der Waals surface area contributed by atoms with Crippen molar-refractivity contribution in [1.29, 1.82) is 0 Å². The highest BCUT2D eigenvalue weighted by molar-refractivity contribution is 6.55. The molecule has 3 heterocycles. The molecule has 0 aliphatic carbocycles. The highest BCUT2D eigenvalue weighted by atomic mass is 35.5. The maximum Gasteiger partial charge on any atom is 0.270 e. The number of halogens is 1. The summed E-state index contributed by atoms with van der Waals surface area (Å²) < 4.78 is 1.88. The van der Waals surface area contributed by atoms with Gasteiger partial charge in [0.15, 0.2) is 0 Å². The Morgan fingerprint density at radius 3 is 2.86 bits per heavy atom. The largest absolute Gasteiger partial charge is 0.332 e. The summed E-state index contributed by atoms with van der Waals surface area (Å²) in [5.41, 5.74) is 1.46. The molecular weight excluding hydrogens is 304 g/mol. The van der Waals surface area contributed by atoms with E-state index in [2.05, 4.69) is 15.1 Å². The molecule has 110 valence electrons. The van der Waals surface area contributed by atoms with E-state index in [0.29, 0.717) is 30.7 Å². The summed E-state index contributed by atoms with van der Waals surface area (Å²) in [6.45, 7) is 7.86. The lowest BCUT2D eigenvalue weighted by Gasteiger charge is -2.00. The number of aryl methyl sites for hydroxylation is 1. The number of aromatic nitrogens is 2. The predicted octanol–water partition coefficient (Wildman–Crippen LogP) is 1.95. The number of carbonyl (C=O) groups is 2. The molecule has 2 amide bonds. The molecule has 2 aromatic heterocycles. The van der Waals surface area contributed by atoms with Crippen LogP contribution in [-0.2, 0) is 16.1 Å². The molecule has 1 N–H and O–H groups in total. The maximum atomic E-state index is 12.0. The van der Waals surface area contributed by atoms with Crippen molar-refractivity contribution in [1.82, 2.24) is 14.9 Å². The Labute approximate surface area is 131 Å². The van der Waals surface area contributed by atoms with E-state index in [9.17, 15) is 9.59 Å². The van der Waals surface area contributed by atoms with E-state index >= 15 is 0 Å². The Morgan fingerprint density at radius 1 is 1.36 bits per heavy atom. The van der Waals surface area contributed by atoms with Gasteiger partial charge in [0.2, 0.25) is 6.54 Å². The fourth-order valence-electron chi connectivity index (χ4n) is 2.49. The van der Waals surface area contributed by atoms with Crippen molar-refractivity contribution >= 4 is 40.0 Å². The molecule has 0 unspecified atom stereocenters. The quantitative estimate of drug-likeness (QED) is 0.533. The van der Waals surface area contributed by atoms with Gasteiger partial charge in [-0.3, -0.25) is 14.9 Å². The Morgan fingerprint density at radius 2 is 2.18 bits per heavy atom. The molecule has 3 rings (SSSR count). The van der Waals surface area contributed by atoms with Crippen LogP contribution in [0.2, 0.25) is 0 Å². The minimum absolute atomic E-state index is 0.103. The van der Waals surface area contributed by atoms with Gasteiger partial charge in [0, 0.05) is 36.3 Å². The maximum absolute atomic E-state index is 12.0. The third-order valence-corrected chi connectivity index (χ3v) is 3.81. The molecule has 0 saturated carbocycles. The van der Waals surface area contributed by atoms with Gasteiger partial charge in [-0.15, -0.1) is 0 Å². The average molecular weight is 315 g/mol. The lowest BCUT2D eigenvalue weighted by Crippen LogP contribution is -2.22. The van der Waals surface area contributed by atoms with Gasteiger partial charge in [-0.2, -0.15) is 0 Å². The molecule has 22 heavy (non-hydrogen) atoms. The molecule has 0 bridgehead atoms. The van der Waals surface area contributed by atoms with Gasteiger partial charge in [-0.25, -0.2) is 11.6 Å². The Bertz CT molecular complexity index is 860. The summed E-state index contributed by atoms with van der Waals surface area (Å²) in [6, 6.07) is 3.59.